The van der Waals surface area contributed by atoms with Crippen LogP contribution in [0.15, 0.2) is 53.3 Å². The zero-order chi connectivity index (χ0) is 24.4. The van der Waals surface area contributed by atoms with Crippen molar-refractivity contribution in [2.45, 2.75) is 47.1 Å². The molecule has 8 heteroatoms. The van der Waals surface area contributed by atoms with E-state index in [4.69, 9.17) is 4.74 Å². The Morgan fingerprint density at radius 1 is 1.00 bits per heavy atom. The lowest BCUT2D eigenvalue weighted by molar-refractivity contribution is -0.119. The molecular weight excluding hydrogens is 430 g/mol. The van der Waals surface area contributed by atoms with Crippen LogP contribution in [0, 0.1) is 20.8 Å². The van der Waals surface area contributed by atoms with E-state index in [0.717, 1.165) is 22.7 Å². The van der Waals surface area contributed by atoms with Crippen molar-refractivity contribution in [2.24, 2.45) is 0 Å². The molecule has 4 rings (SSSR count). The molecule has 0 bridgehead atoms. The van der Waals surface area contributed by atoms with Gasteiger partial charge in [-0.25, -0.2) is 9.36 Å². The number of amides is 1. The molecule has 0 aliphatic heterocycles. The van der Waals surface area contributed by atoms with Gasteiger partial charge in [0, 0.05) is 5.69 Å². The summed E-state index contributed by atoms with van der Waals surface area (Å²) in [5.41, 5.74) is 4.03. The summed E-state index contributed by atoms with van der Waals surface area (Å²) in [4.78, 5) is 26.5. The van der Waals surface area contributed by atoms with Gasteiger partial charge < -0.3 is 10.1 Å². The first-order valence-electron chi connectivity index (χ1n) is 11.4. The van der Waals surface area contributed by atoms with Crippen molar-refractivity contribution in [2.75, 3.05) is 11.9 Å². The van der Waals surface area contributed by atoms with E-state index in [2.05, 4.69) is 15.5 Å². The highest BCUT2D eigenvalue weighted by Gasteiger charge is 2.25. The predicted octanol–water partition coefficient (Wildman–Crippen LogP) is 4.50. The lowest BCUT2D eigenvalue weighted by Crippen LogP contribution is -2.35. The van der Waals surface area contributed by atoms with Gasteiger partial charge in [-0.2, -0.15) is 10.2 Å². The summed E-state index contributed by atoms with van der Waals surface area (Å²) in [7, 11) is 0. The second-order valence-electron chi connectivity index (χ2n) is 8.26. The predicted molar refractivity (Wildman–Crippen MR) is 133 cm³/mol. The molecule has 8 nitrogen and oxygen atoms in total. The lowest BCUT2D eigenvalue weighted by Gasteiger charge is -2.17. The SMILES string of the molecule is CCOc1ccc(NC(=O)[C@H](CC)n2nc(C)c3c(C)n(-c4ccc(C)cc4)nc3c2=O)cc1. The first-order chi connectivity index (χ1) is 16.3. The molecule has 1 N–H and O–H groups in total. The van der Waals surface area contributed by atoms with Gasteiger partial charge in [0.15, 0.2) is 5.52 Å². The fourth-order valence-corrected chi connectivity index (χ4v) is 4.10. The van der Waals surface area contributed by atoms with Crippen LogP contribution in [0.1, 0.15) is 43.3 Å². The number of carbonyl (C=O) groups is 1. The number of aryl methyl sites for hydroxylation is 3. The summed E-state index contributed by atoms with van der Waals surface area (Å²) in [6.45, 7) is 10.1. The average molecular weight is 460 g/mol. The van der Waals surface area contributed by atoms with Crippen molar-refractivity contribution in [1.29, 1.82) is 0 Å². The second kappa shape index (κ2) is 9.51. The first-order valence-corrected chi connectivity index (χ1v) is 11.4. The van der Waals surface area contributed by atoms with Gasteiger partial charge >= 0.3 is 0 Å². The van der Waals surface area contributed by atoms with Crippen LogP contribution in [0.4, 0.5) is 5.69 Å². The maximum absolute atomic E-state index is 13.4. The maximum Gasteiger partial charge on any atom is 0.295 e. The number of nitrogens with one attached hydrogen (secondary N) is 1. The van der Waals surface area contributed by atoms with Crippen molar-refractivity contribution in [1.82, 2.24) is 19.6 Å². The number of hydrogen-bond donors (Lipinski definition) is 1. The molecule has 0 radical (unpaired) electrons. The minimum Gasteiger partial charge on any atom is -0.494 e. The van der Waals surface area contributed by atoms with Crippen molar-refractivity contribution < 1.29 is 9.53 Å². The van der Waals surface area contributed by atoms with Gasteiger partial charge in [-0.3, -0.25) is 9.59 Å². The van der Waals surface area contributed by atoms with Crippen LogP contribution in [0.2, 0.25) is 0 Å². The number of benzene rings is 2. The van der Waals surface area contributed by atoms with E-state index < -0.39 is 6.04 Å². The van der Waals surface area contributed by atoms with Crippen LogP contribution in [-0.2, 0) is 4.79 Å². The number of hydrogen-bond acceptors (Lipinski definition) is 5. The molecule has 0 saturated heterocycles. The molecule has 2 heterocycles. The van der Waals surface area contributed by atoms with Crippen molar-refractivity contribution in [3.05, 3.63) is 75.8 Å². The zero-order valence-corrected chi connectivity index (χ0v) is 20.1. The zero-order valence-electron chi connectivity index (χ0n) is 20.1. The molecule has 2 aromatic heterocycles. The number of carbonyl (C=O) groups excluding carboxylic acids is 1. The Labute approximate surface area is 198 Å². The highest BCUT2D eigenvalue weighted by atomic mass is 16.5. The normalized spacial score (nSPS) is 12.0. The average Bonchev–Trinajstić information content (AvgIpc) is 3.17. The smallest absolute Gasteiger partial charge is 0.295 e. The summed E-state index contributed by atoms with van der Waals surface area (Å²) in [5.74, 6) is 0.417. The number of aromatic nitrogens is 4. The third kappa shape index (κ3) is 4.31. The molecule has 34 heavy (non-hydrogen) atoms. The molecular formula is C26H29N5O3. The molecule has 4 aromatic rings. The Morgan fingerprint density at radius 3 is 2.29 bits per heavy atom. The van der Waals surface area contributed by atoms with Gasteiger partial charge in [-0.1, -0.05) is 24.6 Å². The molecule has 0 aliphatic carbocycles. The number of rotatable bonds is 7. The van der Waals surface area contributed by atoms with Gasteiger partial charge in [-0.15, -0.1) is 0 Å². The van der Waals surface area contributed by atoms with Crippen LogP contribution < -0.4 is 15.6 Å². The standard InChI is InChI=1S/C26H29N5O3/c1-6-22(25(32)27-19-10-14-21(15-11-19)34-7-2)31-26(33)24-23(17(4)28-31)18(5)30(29-24)20-12-8-16(3)9-13-20/h8-15,22H,6-7H2,1-5H3,(H,27,32)/t22-/m0/s1. The fraction of sp³-hybridized carbons (Fsp3) is 0.308. The van der Waals surface area contributed by atoms with Gasteiger partial charge in [0.2, 0.25) is 5.91 Å². The lowest BCUT2D eigenvalue weighted by atomic mass is 10.1. The van der Waals surface area contributed by atoms with E-state index >= 15 is 0 Å². The van der Waals surface area contributed by atoms with E-state index in [1.54, 1.807) is 28.9 Å². The highest BCUT2D eigenvalue weighted by Crippen LogP contribution is 2.23. The number of nitrogens with zero attached hydrogens (tertiary/aromatic N) is 4. The topological polar surface area (TPSA) is 91.0 Å². The molecule has 0 spiro atoms. The van der Waals surface area contributed by atoms with E-state index in [1.165, 1.54) is 4.68 Å². The molecule has 176 valence electrons. The third-order valence-corrected chi connectivity index (χ3v) is 5.84. The number of ether oxygens (including phenoxy) is 1. The molecule has 0 unspecified atom stereocenters. The van der Waals surface area contributed by atoms with Gasteiger partial charge in [0.25, 0.3) is 5.56 Å². The second-order valence-corrected chi connectivity index (χ2v) is 8.26. The summed E-state index contributed by atoms with van der Waals surface area (Å²) in [5, 5.41) is 12.7. The molecule has 0 fully saturated rings. The Kier molecular flexibility index (Phi) is 6.49. The van der Waals surface area contributed by atoms with Crippen molar-refractivity contribution in [3.8, 4) is 11.4 Å². The minimum atomic E-state index is -0.771. The Balaban J connectivity index is 1.71. The van der Waals surface area contributed by atoms with Gasteiger partial charge in [0.1, 0.15) is 11.8 Å². The highest BCUT2D eigenvalue weighted by molar-refractivity contribution is 5.94. The van der Waals surface area contributed by atoms with Crippen LogP contribution in [-0.4, -0.2) is 32.1 Å². The quantitative estimate of drug-likeness (QED) is 0.440. The number of fused-ring (bicyclic) bond motifs is 1. The summed E-state index contributed by atoms with van der Waals surface area (Å²) in [6, 6.07) is 14.3. The van der Waals surface area contributed by atoms with Crippen LogP contribution >= 0.6 is 0 Å². The monoisotopic (exact) mass is 459 g/mol. The third-order valence-electron chi connectivity index (χ3n) is 5.84. The van der Waals surface area contributed by atoms with Crippen LogP contribution in [0.25, 0.3) is 16.6 Å². The van der Waals surface area contributed by atoms with E-state index in [9.17, 15) is 9.59 Å². The Bertz CT molecular complexity index is 1390. The largest absolute Gasteiger partial charge is 0.494 e. The van der Waals surface area contributed by atoms with E-state index in [0.29, 0.717) is 35.3 Å². The molecule has 0 aliphatic rings. The van der Waals surface area contributed by atoms with E-state index in [-0.39, 0.29) is 11.5 Å². The van der Waals surface area contributed by atoms with Crippen molar-refractivity contribution >= 4 is 22.5 Å². The first kappa shape index (κ1) is 23.2. The molecule has 1 atom stereocenters. The Hall–Kier alpha value is -3.94. The van der Waals surface area contributed by atoms with Crippen LogP contribution in [0.5, 0.6) is 5.75 Å². The Morgan fingerprint density at radius 2 is 1.68 bits per heavy atom. The van der Waals surface area contributed by atoms with Gasteiger partial charge in [-0.05, 0) is 70.5 Å². The summed E-state index contributed by atoms with van der Waals surface area (Å²) >= 11 is 0. The number of anilines is 1. The van der Waals surface area contributed by atoms with E-state index in [1.807, 2.05) is 58.9 Å². The van der Waals surface area contributed by atoms with Crippen molar-refractivity contribution in [3.63, 3.8) is 0 Å². The fourth-order valence-electron chi connectivity index (χ4n) is 4.10. The molecule has 2 aromatic carbocycles. The summed E-state index contributed by atoms with van der Waals surface area (Å²) in [6.07, 6.45) is 0.401. The van der Waals surface area contributed by atoms with Gasteiger partial charge in [0.05, 0.1) is 29.1 Å². The maximum atomic E-state index is 13.4. The minimum absolute atomic E-state index is 0.304. The molecule has 0 saturated carbocycles. The summed E-state index contributed by atoms with van der Waals surface area (Å²) < 4.78 is 8.46. The van der Waals surface area contributed by atoms with Crippen LogP contribution in [0.3, 0.4) is 0 Å². The molecule has 1 amide bonds.